The van der Waals surface area contributed by atoms with Gasteiger partial charge in [-0.1, -0.05) is 0 Å². The Morgan fingerprint density at radius 1 is 1.00 bits per heavy atom. The van der Waals surface area contributed by atoms with E-state index < -0.39 is 7.25 Å². The van der Waals surface area contributed by atoms with Crippen LogP contribution in [0.1, 0.15) is 27.7 Å². The van der Waals surface area contributed by atoms with E-state index in [2.05, 4.69) is 0 Å². The molecule has 3 nitrogen and oxygen atoms in total. The van der Waals surface area contributed by atoms with Crippen molar-refractivity contribution >= 4 is 13.3 Å². The van der Waals surface area contributed by atoms with Crippen molar-refractivity contribution in [2.45, 2.75) is 27.7 Å². The zero-order valence-corrected chi connectivity index (χ0v) is 10.8. The molecule has 0 unspecified atom stereocenters. The third-order valence-corrected chi connectivity index (χ3v) is 2.09. The molecule has 0 spiro atoms. The maximum atomic E-state index is 9.75. The van der Waals surface area contributed by atoms with Crippen LogP contribution in [-0.4, -0.2) is 54.0 Å². The van der Waals surface area contributed by atoms with Gasteiger partial charge in [-0.2, -0.15) is 0 Å². The van der Waals surface area contributed by atoms with E-state index in [1.807, 2.05) is 37.2 Å². The zero-order valence-electron chi connectivity index (χ0n) is 10.8. The monoisotopic (exact) mass is 260 g/mol. The summed E-state index contributed by atoms with van der Waals surface area (Å²) in [6.07, 6.45) is 0. The van der Waals surface area contributed by atoms with Gasteiger partial charge >= 0.3 is 13.3 Å². The summed E-state index contributed by atoms with van der Waals surface area (Å²) >= 11 is 0. The summed E-state index contributed by atoms with van der Waals surface area (Å²) in [5.41, 5.74) is 0. The highest BCUT2D eigenvalue weighted by Gasteiger charge is 2.20. The summed E-state index contributed by atoms with van der Waals surface area (Å²) in [5, 5.41) is 9.74. The van der Waals surface area contributed by atoms with E-state index in [-0.39, 0.29) is 0 Å². The molecular formula is C9H21BF4N2O. The molecule has 0 saturated carbocycles. The topological polar surface area (TPSA) is 26.5 Å². The molecule has 0 bridgehead atoms. The number of aliphatic hydroxyl groups is 1. The van der Waals surface area contributed by atoms with Gasteiger partial charge in [0.05, 0.1) is 26.2 Å². The van der Waals surface area contributed by atoms with Gasteiger partial charge in [0.15, 0.2) is 0 Å². The van der Waals surface area contributed by atoms with E-state index in [1.165, 1.54) is 0 Å². The lowest BCUT2D eigenvalue weighted by atomic mass is 10.3. The third-order valence-electron chi connectivity index (χ3n) is 2.09. The van der Waals surface area contributed by atoms with Crippen LogP contribution in [0.25, 0.3) is 0 Å². The Morgan fingerprint density at radius 2 is 1.29 bits per heavy atom. The molecule has 0 amide bonds. The van der Waals surface area contributed by atoms with Crippen LogP contribution in [0.4, 0.5) is 17.3 Å². The molecule has 0 fully saturated rings. The second-order valence-electron chi connectivity index (χ2n) is 3.14. The fraction of sp³-hybridized carbons (Fsp3) is 0.889. The highest BCUT2D eigenvalue weighted by atomic mass is 19.5. The molecule has 1 N–H and O–H groups in total. The van der Waals surface area contributed by atoms with Crippen molar-refractivity contribution in [3.05, 3.63) is 0 Å². The van der Waals surface area contributed by atoms with Crippen molar-refractivity contribution in [2.75, 3.05) is 26.2 Å². The average molecular weight is 260 g/mol. The smallest absolute Gasteiger partial charge is 0.447 e. The van der Waals surface area contributed by atoms with Gasteiger partial charge < -0.3 is 22.4 Å². The van der Waals surface area contributed by atoms with Crippen molar-refractivity contribution in [1.29, 1.82) is 0 Å². The van der Waals surface area contributed by atoms with Gasteiger partial charge in [0.1, 0.15) is 0 Å². The van der Waals surface area contributed by atoms with Crippen molar-refractivity contribution in [1.82, 2.24) is 4.90 Å². The quantitative estimate of drug-likeness (QED) is 0.276. The summed E-state index contributed by atoms with van der Waals surface area (Å²) in [4.78, 5) is 1.95. The van der Waals surface area contributed by atoms with Crippen LogP contribution in [0, 0.1) is 0 Å². The number of hydrogen-bond donors (Lipinski definition) is 1. The lowest BCUT2D eigenvalue weighted by Crippen LogP contribution is -2.38. The first-order valence-electron chi connectivity index (χ1n) is 5.64. The first-order valence-corrected chi connectivity index (χ1v) is 5.64. The lowest BCUT2D eigenvalue weighted by molar-refractivity contribution is -0.534. The Labute approximate surface area is 99.8 Å². The van der Waals surface area contributed by atoms with Crippen LogP contribution in [0.2, 0.25) is 0 Å². The minimum absolute atomic E-state index is 0.407. The van der Waals surface area contributed by atoms with Crippen LogP contribution in [0.5, 0.6) is 0 Å². The highest BCUT2D eigenvalue weighted by molar-refractivity contribution is 6.50. The predicted octanol–water partition coefficient (Wildman–Crippen LogP) is 2.59. The lowest BCUT2D eigenvalue weighted by Gasteiger charge is -2.13. The van der Waals surface area contributed by atoms with Crippen LogP contribution in [0.15, 0.2) is 0 Å². The molecule has 0 heterocycles. The van der Waals surface area contributed by atoms with Gasteiger partial charge in [-0.15, -0.1) is 0 Å². The van der Waals surface area contributed by atoms with Crippen molar-refractivity contribution in [3.8, 4) is 0 Å². The van der Waals surface area contributed by atoms with Gasteiger partial charge in [0.25, 0.3) is 0 Å². The van der Waals surface area contributed by atoms with Gasteiger partial charge in [-0.3, -0.25) is 0 Å². The van der Waals surface area contributed by atoms with Crippen LogP contribution in [0.3, 0.4) is 0 Å². The fourth-order valence-corrected chi connectivity index (χ4v) is 1.21. The summed E-state index contributed by atoms with van der Waals surface area (Å²) in [5.74, 6) is 0. The highest BCUT2D eigenvalue weighted by Crippen LogP contribution is 2.06. The van der Waals surface area contributed by atoms with Gasteiger partial charge in [0.2, 0.25) is 0 Å². The van der Waals surface area contributed by atoms with Gasteiger partial charge in [-0.05, 0) is 27.7 Å². The van der Waals surface area contributed by atoms with Crippen molar-refractivity contribution in [3.63, 3.8) is 0 Å². The first-order chi connectivity index (χ1) is 7.71. The van der Waals surface area contributed by atoms with E-state index >= 15 is 0 Å². The predicted molar refractivity (Wildman–Crippen MR) is 62.1 cm³/mol. The van der Waals surface area contributed by atoms with Crippen molar-refractivity contribution in [2.24, 2.45) is 0 Å². The SMILES string of the molecule is CCN(CC)C(O)=[N+](CC)CC.F[B-](F)(F)F. The molecule has 0 aromatic heterocycles. The standard InChI is InChI=1S/C9H20N2O.BF4/c1-5-10(6-2)9(12)11(7-3)8-4;2-1(3,4)5/h5-8H2,1-4H3;/q;-1/p+1. The molecule has 0 aliphatic carbocycles. The minimum atomic E-state index is -6.00. The molecule has 0 aliphatic heterocycles. The zero-order chi connectivity index (χ0) is 14.1. The molecule has 8 heteroatoms. The van der Waals surface area contributed by atoms with E-state index in [4.69, 9.17) is 0 Å². The Morgan fingerprint density at radius 3 is 1.47 bits per heavy atom. The van der Waals surface area contributed by atoms with Crippen molar-refractivity contribution < 1.29 is 26.9 Å². The Bertz CT molecular complexity index is 218. The van der Waals surface area contributed by atoms with Gasteiger partial charge in [-0.25, -0.2) is 9.48 Å². The number of rotatable bonds is 4. The molecule has 0 atom stereocenters. The molecule has 0 aromatic carbocycles. The number of halogens is 4. The number of hydrogen-bond acceptors (Lipinski definition) is 0. The van der Waals surface area contributed by atoms with Crippen LogP contribution >= 0.6 is 0 Å². The number of nitrogens with zero attached hydrogens (tertiary/aromatic N) is 2. The molecule has 104 valence electrons. The molecule has 0 aliphatic rings. The minimum Gasteiger partial charge on any atom is -0.447 e. The average Bonchev–Trinajstić information content (AvgIpc) is 2.19. The first kappa shape index (κ1) is 18.4. The summed E-state index contributed by atoms with van der Waals surface area (Å²) in [6.45, 7) is 11.6. The van der Waals surface area contributed by atoms with E-state index in [0.29, 0.717) is 6.02 Å². The molecule has 0 saturated heterocycles. The van der Waals surface area contributed by atoms with Crippen LogP contribution in [-0.2, 0) is 0 Å². The fourth-order valence-electron chi connectivity index (χ4n) is 1.21. The molecular weight excluding hydrogens is 239 g/mol. The maximum absolute atomic E-state index is 9.75. The molecule has 0 aromatic rings. The second kappa shape index (κ2) is 9.12. The maximum Gasteiger partial charge on any atom is 0.673 e. The number of aliphatic hydroxyl groups excluding tert-OH is 1. The molecule has 17 heavy (non-hydrogen) atoms. The second-order valence-corrected chi connectivity index (χ2v) is 3.14. The van der Waals surface area contributed by atoms with E-state index in [9.17, 15) is 22.4 Å². The molecule has 0 radical (unpaired) electrons. The summed E-state index contributed by atoms with van der Waals surface area (Å²) < 4.78 is 41.0. The number of amidine groups is 1. The summed E-state index contributed by atoms with van der Waals surface area (Å²) in [6, 6.07) is 0.407. The van der Waals surface area contributed by atoms with E-state index in [1.54, 1.807) is 0 Å². The Hall–Kier alpha value is -0.945. The largest absolute Gasteiger partial charge is 0.673 e. The summed E-state index contributed by atoms with van der Waals surface area (Å²) in [7, 11) is -6.00. The molecule has 0 rings (SSSR count). The van der Waals surface area contributed by atoms with Gasteiger partial charge in [0, 0.05) is 0 Å². The van der Waals surface area contributed by atoms with Crippen LogP contribution < -0.4 is 0 Å². The third kappa shape index (κ3) is 11.3. The van der Waals surface area contributed by atoms with E-state index in [0.717, 1.165) is 26.2 Å². The normalized spacial score (nSPS) is 10.4. The Kier molecular flexibility index (Phi) is 9.89. The Balaban J connectivity index is 0.